The molecule has 1 heterocycles. The summed E-state index contributed by atoms with van der Waals surface area (Å²) < 4.78 is 5.05. The normalized spacial score (nSPS) is 15.2. The highest BCUT2D eigenvalue weighted by molar-refractivity contribution is 6.38. The lowest BCUT2D eigenvalue weighted by molar-refractivity contribution is -0.135. The Balaban J connectivity index is 1.77. The summed E-state index contributed by atoms with van der Waals surface area (Å²) in [5.41, 5.74) is 1.62. The molecule has 0 saturated heterocycles. The quantitative estimate of drug-likeness (QED) is 0.591. The molecule has 2 N–H and O–H groups in total. The van der Waals surface area contributed by atoms with Gasteiger partial charge in [-0.3, -0.25) is 14.6 Å². The van der Waals surface area contributed by atoms with E-state index in [2.05, 4.69) is 15.7 Å². The molecule has 1 atom stereocenters. The van der Waals surface area contributed by atoms with Crippen molar-refractivity contribution in [1.29, 1.82) is 0 Å². The Labute approximate surface area is 191 Å². The lowest BCUT2D eigenvalue weighted by Gasteiger charge is -2.22. The Kier molecular flexibility index (Phi) is 7.83. The van der Waals surface area contributed by atoms with E-state index in [1.165, 1.54) is 11.1 Å². The van der Waals surface area contributed by atoms with Gasteiger partial charge in [0.15, 0.2) is 0 Å². The molecule has 0 aromatic heterocycles. The van der Waals surface area contributed by atoms with E-state index >= 15 is 0 Å². The number of nitrogens with zero attached hydrogens (tertiary/aromatic N) is 2. The highest BCUT2D eigenvalue weighted by Gasteiger charge is 2.37. The van der Waals surface area contributed by atoms with Gasteiger partial charge in [0.1, 0.15) is 11.8 Å². The molecule has 0 fully saturated rings. The molecule has 1 aliphatic rings. The van der Waals surface area contributed by atoms with Crippen LogP contribution in [0.25, 0.3) is 0 Å². The number of carbonyl (C=O) groups excluding carboxylic acids is 3. The molecule has 0 saturated carbocycles. The van der Waals surface area contributed by atoms with Gasteiger partial charge in [0.2, 0.25) is 5.91 Å². The summed E-state index contributed by atoms with van der Waals surface area (Å²) in [6, 6.07) is 13.1. The number of esters is 1. The minimum Gasteiger partial charge on any atom is -0.461 e. The molecule has 9 heteroatoms. The zero-order valence-corrected chi connectivity index (χ0v) is 18.7. The predicted octanol–water partition coefficient (Wildman–Crippen LogP) is 3.62. The van der Waals surface area contributed by atoms with Crippen molar-refractivity contribution >= 4 is 46.5 Å². The number of amides is 2. The molecule has 1 aliphatic heterocycles. The molecular formula is C23H25ClN4O4. The van der Waals surface area contributed by atoms with Crippen molar-refractivity contribution in [2.75, 3.05) is 23.5 Å². The molecule has 3 rings (SSSR count). The third kappa shape index (κ3) is 5.45. The molecule has 2 aromatic rings. The first-order valence-electron chi connectivity index (χ1n) is 10.4. The molecule has 2 aromatic carbocycles. The minimum absolute atomic E-state index is 0.102. The van der Waals surface area contributed by atoms with Crippen molar-refractivity contribution < 1.29 is 19.1 Å². The first-order valence-corrected chi connectivity index (χ1v) is 10.8. The molecular weight excluding hydrogens is 432 g/mol. The fraction of sp³-hybridized carbons (Fsp3) is 0.304. The van der Waals surface area contributed by atoms with Crippen molar-refractivity contribution in [3.05, 3.63) is 59.1 Å². The van der Waals surface area contributed by atoms with Crippen molar-refractivity contribution in [3.8, 4) is 0 Å². The maximum absolute atomic E-state index is 13.1. The van der Waals surface area contributed by atoms with Crippen LogP contribution in [0.3, 0.4) is 0 Å². The molecule has 8 nitrogen and oxygen atoms in total. The molecule has 0 bridgehead atoms. The standard InChI is InChI=1S/C23H25ClN4O4/c1-3-12-25-21(29)17-11-10-15(13-18(17)24)26-22(30)20-14-19(23(31)32-4-2)27-28(20)16-8-6-5-7-9-16/h5-11,13,20H,3-4,12,14H2,1-2H3,(H,25,29)(H,26,30). The SMILES string of the molecule is CCCNC(=O)c1ccc(NC(=O)C2CC(C(=O)OCC)=NN2c2ccccc2)cc1Cl. The van der Waals surface area contributed by atoms with Crippen LogP contribution < -0.4 is 15.6 Å². The van der Waals surface area contributed by atoms with E-state index in [1.807, 2.05) is 25.1 Å². The first kappa shape index (κ1) is 23.3. The van der Waals surface area contributed by atoms with Gasteiger partial charge in [-0.05, 0) is 43.7 Å². The van der Waals surface area contributed by atoms with E-state index in [9.17, 15) is 14.4 Å². The van der Waals surface area contributed by atoms with Gasteiger partial charge in [0.05, 0.1) is 22.9 Å². The zero-order chi connectivity index (χ0) is 23.1. The third-order valence-corrected chi connectivity index (χ3v) is 5.07. The predicted molar refractivity (Wildman–Crippen MR) is 124 cm³/mol. The Morgan fingerprint density at radius 3 is 2.56 bits per heavy atom. The fourth-order valence-electron chi connectivity index (χ4n) is 3.21. The van der Waals surface area contributed by atoms with Crippen LogP contribution in [0.15, 0.2) is 53.6 Å². The van der Waals surface area contributed by atoms with Crippen LogP contribution in [0.1, 0.15) is 37.0 Å². The van der Waals surface area contributed by atoms with Gasteiger partial charge in [-0.2, -0.15) is 5.10 Å². The number of hydrogen-bond donors (Lipinski definition) is 2. The molecule has 32 heavy (non-hydrogen) atoms. The average Bonchev–Trinajstić information content (AvgIpc) is 3.24. The van der Waals surface area contributed by atoms with Gasteiger partial charge >= 0.3 is 5.97 Å². The topological polar surface area (TPSA) is 100 Å². The molecule has 1 unspecified atom stereocenters. The molecule has 2 amide bonds. The minimum atomic E-state index is -0.747. The van der Waals surface area contributed by atoms with Gasteiger partial charge in [-0.1, -0.05) is 36.7 Å². The number of carbonyl (C=O) groups is 3. The number of hydrazone groups is 1. The highest BCUT2D eigenvalue weighted by Crippen LogP contribution is 2.27. The second-order valence-electron chi connectivity index (χ2n) is 7.11. The summed E-state index contributed by atoms with van der Waals surface area (Å²) in [4.78, 5) is 37.5. The molecule has 168 valence electrons. The van der Waals surface area contributed by atoms with Gasteiger partial charge in [0.25, 0.3) is 5.91 Å². The van der Waals surface area contributed by atoms with E-state index in [0.717, 1.165) is 6.42 Å². The van der Waals surface area contributed by atoms with Gasteiger partial charge in [-0.15, -0.1) is 0 Å². The van der Waals surface area contributed by atoms with Crippen LogP contribution in [0.2, 0.25) is 5.02 Å². The van der Waals surface area contributed by atoms with Crippen LogP contribution in [-0.2, 0) is 14.3 Å². The Morgan fingerprint density at radius 1 is 1.16 bits per heavy atom. The first-order chi connectivity index (χ1) is 15.4. The number of ether oxygens (including phenoxy) is 1. The summed E-state index contributed by atoms with van der Waals surface area (Å²) in [6.45, 7) is 4.44. The van der Waals surface area contributed by atoms with Crippen molar-refractivity contribution in [3.63, 3.8) is 0 Å². The summed E-state index contributed by atoms with van der Waals surface area (Å²) in [7, 11) is 0. The van der Waals surface area contributed by atoms with Crippen molar-refractivity contribution in [1.82, 2.24) is 5.32 Å². The number of nitrogens with one attached hydrogen (secondary N) is 2. The Hall–Kier alpha value is -3.39. The number of halogens is 1. The maximum atomic E-state index is 13.1. The maximum Gasteiger partial charge on any atom is 0.354 e. The lowest BCUT2D eigenvalue weighted by atomic mass is 10.1. The summed E-state index contributed by atoms with van der Waals surface area (Å²) in [5, 5.41) is 11.6. The number of rotatable bonds is 8. The van der Waals surface area contributed by atoms with E-state index < -0.39 is 12.0 Å². The van der Waals surface area contributed by atoms with E-state index in [0.29, 0.717) is 23.5 Å². The van der Waals surface area contributed by atoms with Gasteiger partial charge in [0, 0.05) is 18.7 Å². The number of benzene rings is 2. The number of para-hydroxylation sites is 1. The third-order valence-electron chi connectivity index (χ3n) is 4.76. The zero-order valence-electron chi connectivity index (χ0n) is 17.9. The largest absolute Gasteiger partial charge is 0.461 e. The van der Waals surface area contributed by atoms with Crippen LogP contribution >= 0.6 is 11.6 Å². The van der Waals surface area contributed by atoms with E-state index in [1.54, 1.807) is 31.2 Å². The van der Waals surface area contributed by atoms with E-state index in [-0.39, 0.29) is 35.6 Å². The number of anilines is 2. The smallest absolute Gasteiger partial charge is 0.354 e. The fourth-order valence-corrected chi connectivity index (χ4v) is 3.47. The molecule has 0 radical (unpaired) electrons. The lowest BCUT2D eigenvalue weighted by Crippen LogP contribution is -2.38. The van der Waals surface area contributed by atoms with Crippen LogP contribution in [0.5, 0.6) is 0 Å². The summed E-state index contributed by atoms with van der Waals surface area (Å²) >= 11 is 6.26. The van der Waals surface area contributed by atoms with E-state index in [4.69, 9.17) is 16.3 Å². The monoisotopic (exact) mass is 456 g/mol. The number of hydrogen-bond acceptors (Lipinski definition) is 6. The molecule has 0 aliphatic carbocycles. The second kappa shape index (κ2) is 10.8. The summed E-state index contributed by atoms with van der Waals surface area (Å²) in [5.74, 6) is -1.18. The molecule has 0 spiro atoms. The van der Waals surface area contributed by atoms with Crippen LogP contribution in [-0.4, -0.2) is 42.7 Å². The average molecular weight is 457 g/mol. The van der Waals surface area contributed by atoms with Crippen LogP contribution in [0, 0.1) is 0 Å². The van der Waals surface area contributed by atoms with Crippen molar-refractivity contribution in [2.45, 2.75) is 32.7 Å². The van der Waals surface area contributed by atoms with Gasteiger partial charge < -0.3 is 15.4 Å². The Morgan fingerprint density at radius 2 is 1.91 bits per heavy atom. The second-order valence-corrected chi connectivity index (χ2v) is 7.51. The highest BCUT2D eigenvalue weighted by atomic mass is 35.5. The van der Waals surface area contributed by atoms with Crippen LogP contribution in [0.4, 0.5) is 11.4 Å². The van der Waals surface area contributed by atoms with Gasteiger partial charge in [-0.25, -0.2) is 4.79 Å². The Bertz CT molecular complexity index is 1030. The summed E-state index contributed by atoms with van der Waals surface area (Å²) in [6.07, 6.45) is 0.914. The van der Waals surface area contributed by atoms with Crippen molar-refractivity contribution in [2.24, 2.45) is 5.10 Å².